The Morgan fingerprint density at radius 1 is 1.15 bits per heavy atom. The summed E-state index contributed by atoms with van der Waals surface area (Å²) < 4.78 is 6.51. The summed E-state index contributed by atoms with van der Waals surface area (Å²) in [6, 6.07) is 0. The number of rotatable bonds is 3. The lowest BCUT2D eigenvalue weighted by Gasteiger charge is -2.59. The third kappa shape index (κ3) is 2.60. The summed E-state index contributed by atoms with van der Waals surface area (Å²) in [4.78, 5) is 12.5. The fraction of sp³-hybridized carbons (Fsp3) is 0.792. The topological polar surface area (TPSA) is 46.5 Å². The molecule has 0 radical (unpaired) electrons. The Bertz CT molecular complexity index is 692. The molecule has 1 N–H and O–H groups in total. The molecule has 0 heterocycles. The van der Waals surface area contributed by atoms with Crippen LogP contribution < -0.4 is 0 Å². The molecule has 3 nitrogen and oxygen atoms in total. The smallest absolute Gasteiger partial charge is 0.159 e. The van der Waals surface area contributed by atoms with Crippen molar-refractivity contribution in [3.63, 3.8) is 0 Å². The predicted octanol–water partition coefficient (Wildman–Crippen LogP) is 4.94. The lowest BCUT2D eigenvalue weighted by molar-refractivity contribution is -0.139. The van der Waals surface area contributed by atoms with Crippen molar-refractivity contribution in [2.75, 3.05) is 6.61 Å². The van der Waals surface area contributed by atoms with E-state index in [1.54, 1.807) is 0 Å². The van der Waals surface area contributed by atoms with Gasteiger partial charge in [0, 0.05) is 12.8 Å². The number of aliphatic hydroxyl groups is 1. The van der Waals surface area contributed by atoms with Gasteiger partial charge in [-0.15, -0.1) is 0 Å². The largest absolute Gasteiger partial charge is 0.494 e. The quantitative estimate of drug-likeness (QED) is 0.765. The van der Waals surface area contributed by atoms with Crippen LogP contribution in [0.3, 0.4) is 0 Å². The predicted molar refractivity (Wildman–Crippen MR) is 105 cm³/mol. The number of hydrogen-bond acceptors (Lipinski definition) is 3. The van der Waals surface area contributed by atoms with Crippen molar-refractivity contribution in [2.24, 2.45) is 28.6 Å². The van der Waals surface area contributed by atoms with E-state index in [2.05, 4.69) is 13.0 Å². The number of ketones is 1. The van der Waals surface area contributed by atoms with E-state index in [0.717, 1.165) is 37.4 Å². The molecule has 3 saturated carbocycles. The van der Waals surface area contributed by atoms with Crippen molar-refractivity contribution in [3.8, 4) is 0 Å². The first-order chi connectivity index (χ1) is 13.1. The van der Waals surface area contributed by atoms with E-state index < -0.39 is 0 Å². The van der Waals surface area contributed by atoms with Gasteiger partial charge in [0.1, 0.15) is 6.10 Å². The molecule has 0 aliphatic heterocycles. The molecular formula is C24H34O3. The molecule has 0 spiro atoms. The number of aliphatic hydroxyl groups excluding tert-OH is 1. The molecule has 0 aromatic carbocycles. The number of ether oxygens (including phenoxy) is 1. The van der Waals surface area contributed by atoms with Crippen LogP contribution >= 0.6 is 0 Å². The van der Waals surface area contributed by atoms with Crippen molar-refractivity contribution in [3.05, 3.63) is 23.5 Å². The van der Waals surface area contributed by atoms with E-state index in [0.29, 0.717) is 23.7 Å². The number of hydrogen-bond donors (Lipinski definition) is 1. The van der Waals surface area contributed by atoms with Gasteiger partial charge in [-0.1, -0.05) is 18.9 Å². The summed E-state index contributed by atoms with van der Waals surface area (Å²) in [7, 11) is 0. The lowest BCUT2D eigenvalue weighted by atomic mass is 9.46. The Labute approximate surface area is 163 Å². The van der Waals surface area contributed by atoms with Crippen LogP contribution in [0.2, 0.25) is 0 Å². The second kappa shape index (κ2) is 6.47. The summed E-state index contributed by atoms with van der Waals surface area (Å²) in [6.45, 7) is 2.65. The first-order valence-electron chi connectivity index (χ1n) is 11.3. The van der Waals surface area contributed by atoms with E-state index >= 15 is 0 Å². The van der Waals surface area contributed by atoms with E-state index in [1.165, 1.54) is 44.1 Å². The maximum atomic E-state index is 12.5. The van der Waals surface area contributed by atoms with Crippen LogP contribution in [0.25, 0.3) is 0 Å². The van der Waals surface area contributed by atoms with Crippen LogP contribution in [0, 0.1) is 28.6 Å². The van der Waals surface area contributed by atoms with Crippen LogP contribution in [0.5, 0.6) is 0 Å². The summed E-state index contributed by atoms with van der Waals surface area (Å²) in [5.41, 5.74) is 1.38. The molecule has 0 bridgehead atoms. The first-order valence-corrected chi connectivity index (χ1v) is 11.3. The van der Waals surface area contributed by atoms with Crippen molar-refractivity contribution in [1.29, 1.82) is 0 Å². The molecule has 0 aromatic rings. The van der Waals surface area contributed by atoms with Crippen LogP contribution in [0.1, 0.15) is 77.6 Å². The highest BCUT2D eigenvalue weighted by Gasteiger charge is 2.61. The normalized spacial score (nSPS) is 46.2. The van der Waals surface area contributed by atoms with Gasteiger partial charge in [-0.25, -0.2) is 0 Å². The Hall–Kier alpha value is -1.09. The van der Waals surface area contributed by atoms with Gasteiger partial charge >= 0.3 is 0 Å². The summed E-state index contributed by atoms with van der Waals surface area (Å²) >= 11 is 0. The fourth-order valence-corrected chi connectivity index (χ4v) is 7.78. The van der Waals surface area contributed by atoms with E-state index in [-0.39, 0.29) is 23.9 Å². The van der Waals surface area contributed by atoms with Crippen molar-refractivity contribution in [1.82, 2.24) is 0 Å². The molecule has 5 aliphatic carbocycles. The molecule has 5 rings (SSSR count). The Kier molecular flexibility index (Phi) is 4.31. The minimum Gasteiger partial charge on any atom is -0.494 e. The molecule has 0 saturated heterocycles. The molecule has 5 aliphatic rings. The SMILES string of the molecule is C[C@@]12CCCC1C1CCC3=CC(=O)CC(OC4=CCCC4)[C@]3(CO)C1CC2. The van der Waals surface area contributed by atoms with Crippen molar-refractivity contribution >= 4 is 5.78 Å². The van der Waals surface area contributed by atoms with E-state index in [4.69, 9.17) is 4.74 Å². The van der Waals surface area contributed by atoms with Gasteiger partial charge in [-0.05, 0) is 86.7 Å². The molecule has 27 heavy (non-hydrogen) atoms. The third-order valence-electron chi connectivity index (χ3n) is 9.08. The number of allylic oxidation sites excluding steroid dienone is 2. The molecule has 0 aromatic heterocycles. The molecule has 3 heteroatoms. The highest BCUT2D eigenvalue weighted by Crippen LogP contribution is 2.65. The Morgan fingerprint density at radius 3 is 2.81 bits per heavy atom. The summed E-state index contributed by atoms with van der Waals surface area (Å²) in [6.07, 6.45) is 16.3. The van der Waals surface area contributed by atoms with Crippen LogP contribution in [0.15, 0.2) is 23.5 Å². The molecule has 4 unspecified atom stereocenters. The summed E-state index contributed by atoms with van der Waals surface area (Å²) in [5, 5.41) is 10.8. The molecular weight excluding hydrogens is 336 g/mol. The number of carbonyl (C=O) groups excluding carboxylic acids is 1. The lowest BCUT2D eigenvalue weighted by Crippen LogP contribution is -2.58. The fourth-order valence-electron chi connectivity index (χ4n) is 7.78. The molecule has 3 fully saturated rings. The second-order valence-electron chi connectivity index (χ2n) is 10.2. The molecule has 148 valence electrons. The molecule has 0 amide bonds. The van der Waals surface area contributed by atoms with Crippen LogP contribution in [-0.2, 0) is 9.53 Å². The highest BCUT2D eigenvalue weighted by atomic mass is 16.5. The Balaban J connectivity index is 1.53. The maximum absolute atomic E-state index is 12.5. The monoisotopic (exact) mass is 370 g/mol. The first kappa shape index (κ1) is 18.0. The zero-order valence-electron chi connectivity index (χ0n) is 16.7. The van der Waals surface area contributed by atoms with Crippen molar-refractivity contribution in [2.45, 2.75) is 83.7 Å². The van der Waals surface area contributed by atoms with Crippen LogP contribution in [-0.4, -0.2) is 23.6 Å². The highest BCUT2D eigenvalue weighted by molar-refractivity contribution is 5.92. The average molecular weight is 371 g/mol. The van der Waals surface area contributed by atoms with Crippen molar-refractivity contribution < 1.29 is 14.6 Å². The molecule has 6 atom stereocenters. The average Bonchev–Trinajstić information content (AvgIpc) is 3.30. The summed E-state index contributed by atoms with van der Waals surface area (Å²) in [5.74, 6) is 3.21. The van der Waals surface area contributed by atoms with Gasteiger partial charge in [0.05, 0.1) is 17.8 Å². The second-order valence-corrected chi connectivity index (χ2v) is 10.2. The van der Waals surface area contributed by atoms with Gasteiger partial charge < -0.3 is 9.84 Å². The van der Waals surface area contributed by atoms with Gasteiger partial charge in [0.15, 0.2) is 5.78 Å². The van der Waals surface area contributed by atoms with Gasteiger partial charge in [0.25, 0.3) is 0 Å². The maximum Gasteiger partial charge on any atom is 0.159 e. The Morgan fingerprint density at radius 2 is 2.04 bits per heavy atom. The minimum absolute atomic E-state index is 0.134. The number of carbonyl (C=O) groups is 1. The van der Waals surface area contributed by atoms with Gasteiger partial charge in [-0.3, -0.25) is 4.79 Å². The zero-order chi connectivity index (χ0) is 18.6. The zero-order valence-corrected chi connectivity index (χ0v) is 16.7. The van der Waals surface area contributed by atoms with E-state index in [1.807, 2.05) is 6.08 Å². The van der Waals surface area contributed by atoms with E-state index in [9.17, 15) is 9.90 Å². The number of fused-ring (bicyclic) bond motifs is 5. The minimum atomic E-state index is -0.329. The standard InChI is InChI=1S/C24H34O3/c1-23-11-4-7-20(23)19-9-8-16-13-17(26)14-22(27-18-5-2-3-6-18)24(16,15-25)21(19)10-12-23/h5,13,19-22,25H,2-4,6-12,14-15H2,1H3/t19?,20?,21?,22?,23-,24-/m0/s1. The van der Waals surface area contributed by atoms with Gasteiger partial charge in [0.2, 0.25) is 0 Å². The third-order valence-corrected chi connectivity index (χ3v) is 9.08. The van der Waals surface area contributed by atoms with Gasteiger partial charge in [-0.2, -0.15) is 0 Å². The van der Waals surface area contributed by atoms with Crippen LogP contribution in [0.4, 0.5) is 0 Å².